The molecule has 0 saturated heterocycles. The van der Waals surface area contributed by atoms with Crippen LogP contribution in [0.4, 0.5) is 13.2 Å². The molecule has 1 unspecified atom stereocenters. The zero-order valence-corrected chi connectivity index (χ0v) is 16.6. The van der Waals surface area contributed by atoms with Crippen LogP contribution in [0.25, 0.3) is 0 Å². The Morgan fingerprint density at radius 3 is 2.42 bits per heavy atom. The summed E-state index contributed by atoms with van der Waals surface area (Å²) in [5.74, 6) is -0.522. The molecule has 1 aromatic rings. The van der Waals surface area contributed by atoms with E-state index in [0.717, 1.165) is 7.11 Å². The van der Waals surface area contributed by atoms with E-state index in [9.17, 15) is 18.0 Å². The van der Waals surface area contributed by atoms with Crippen LogP contribution in [0.2, 0.25) is 0 Å². The third-order valence-corrected chi connectivity index (χ3v) is 4.16. The minimum atomic E-state index is -4.62. The first-order valence-corrected chi connectivity index (χ1v) is 8.71. The Labute approximate surface area is 159 Å². The van der Waals surface area contributed by atoms with E-state index in [0.29, 0.717) is 4.47 Å². The van der Waals surface area contributed by atoms with Gasteiger partial charge in [0.15, 0.2) is 6.79 Å². The van der Waals surface area contributed by atoms with Crippen LogP contribution in [0, 0.1) is 5.92 Å². The molecule has 26 heavy (non-hydrogen) atoms. The van der Waals surface area contributed by atoms with Crippen molar-refractivity contribution in [3.63, 3.8) is 0 Å². The predicted molar refractivity (Wildman–Crippen MR) is 93.8 cm³/mol. The number of hydrogen-bond donors (Lipinski definition) is 1. The van der Waals surface area contributed by atoms with E-state index in [-0.39, 0.29) is 30.4 Å². The van der Waals surface area contributed by atoms with E-state index in [2.05, 4.69) is 26.0 Å². The summed E-state index contributed by atoms with van der Waals surface area (Å²) in [4.78, 5) is 11.9. The van der Waals surface area contributed by atoms with Crippen molar-refractivity contribution in [3.8, 4) is 5.75 Å². The summed E-state index contributed by atoms with van der Waals surface area (Å²) < 4.78 is 56.2. The number of carbonyl (C=O) groups is 1. The van der Waals surface area contributed by atoms with Crippen molar-refractivity contribution in [1.82, 2.24) is 5.32 Å². The number of nitrogens with one attached hydrogen (secondary N) is 1. The quantitative estimate of drug-likeness (QED) is 0.459. The maximum atomic E-state index is 13.7. The second kappa shape index (κ2) is 10.1. The molecule has 1 aromatic carbocycles. The van der Waals surface area contributed by atoms with Gasteiger partial charge in [0.25, 0.3) is 0 Å². The van der Waals surface area contributed by atoms with Gasteiger partial charge in [0.05, 0.1) is 11.6 Å². The maximum Gasteiger partial charge on any atom is 0.407 e. The molecule has 0 aliphatic heterocycles. The highest BCUT2D eigenvalue weighted by Gasteiger charge is 2.43. The first-order valence-electron chi connectivity index (χ1n) is 7.91. The molecule has 0 aliphatic rings. The third-order valence-electron chi connectivity index (χ3n) is 3.51. The van der Waals surface area contributed by atoms with Crippen molar-refractivity contribution in [3.05, 3.63) is 28.2 Å². The lowest BCUT2D eigenvalue weighted by Gasteiger charge is -2.27. The molecule has 0 heterocycles. The summed E-state index contributed by atoms with van der Waals surface area (Å²) in [6.45, 7) is 3.53. The van der Waals surface area contributed by atoms with Gasteiger partial charge in [0.1, 0.15) is 17.8 Å². The Balaban J connectivity index is 3.19. The first kappa shape index (κ1) is 22.7. The third kappa shape index (κ3) is 6.77. The fourth-order valence-corrected chi connectivity index (χ4v) is 2.72. The highest BCUT2D eigenvalue weighted by Crippen LogP contribution is 2.37. The molecular weight excluding hydrogens is 419 g/mol. The molecular formula is C17H23BrF3NO4. The number of halogens is 4. The molecule has 0 radical (unpaired) electrons. The molecule has 148 valence electrons. The number of benzene rings is 1. The lowest BCUT2D eigenvalue weighted by atomic mass is 10.00. The molecule has 0 amide bonds. The van der Waals surface area contributed by atoms with E-state index in [1.807, 2.05) is 13.8 Å². The fourth-order valence-electron chi connectivity index (χ4n) is 2.36. The van der Waals surface area contributed by atoms with E-state index >= 15 is 0 Å². The van der Waals surface area contributed by atoms with Crippen LogP contribution >= 0.6 is 15.9 Å². The van der Waals surface area contributed by atoms with E-state index in [4.69, 9.17) is 9.47 Å². The van der Waals surface area contributed by atoms with Crippen LogP contribution in [-0.2, 0) is 14.3 Å². The summed E-state index contributed by atoms with van der Waals surface area (Å²) in [7, 11) is 2.56. The lowest BCUT2D eigenvalue weighted by molar-refractivity contribution is -0.164. The average Bonchev–Trinajstić information content (AvgIpc) is 2.56. The van der Waals surface area contributed by atoms with Crippen molar-refractivity contribution in [2.45, 2.75) is 38.5 Å². The van der Waals surface area contributed by atoms with Crippen LogP contribution in [0.1, 0.15) is 31.9 Å². The van der Waals surface area contributed by atoms with Crippen LogP contribution in [0.3, 0.4) is 0 Å². The number of methoxy groups -OCH3 is 2. The Bertz CT molecular complexity index is 596. The monoisotopic (exact) mass is 441 g/mol. The van der Waals surface area contributed by atoms with Crippen molar-refractivity contribution >= 4 is 21.9 Å². The first-order chi connectivity index (χ1) is 12.1. The molecule has 2 atom stereocenters. The average molecular weight is 442 g/mol. The predicted octanol–water partition coefficient (Wildman–Crippen LogP) is 4.21. The van der Waals surface area contributed by atoms with Crippen LogP contribution in [0.5, 0.6) is 5.75 Å². The summed E-state index contributed by atoms with van der Waals surface area (Å²) in [5.41, 5.74) is -0.0792. The van der Waals surface area contributed by atoms with Gasteiger partial charge in [-0.3, -0.25) is 10.1 Å². The standard InChI is InChI=1S/C17H23BrF3NO4/c1-10(2)7-13(16(23)25-4)22-15(17(19,20)21)11-5-6-12(18)14(8-11)26-9-24-3/h5-6,8,10,13,15,22H,7,9H2,1-4H3/t13-,15?/m0/s1. The van der Waals surface area contributed by atoms with Gasteiger partial charge in [-0.15, -0.1) is 0 Å². The van der Waals surface area contributed by atoms with Gasteiger partial charge in [0, 0.05) is 7.11 Å². The summed E-state index contributed by atoms with van der Waals surface area (Å²) in [6.07, 6.45) is -4.40. The fraction of sp³-hybridized carbons (Fsp3) is 0.588. The molecule has 0 spiro atoms. The van der Waals surface area contributed by atoms with Crippen LogP contribution in [0.15, 0.2) is 22.7 Å². The molecule has 0 aromatic heterocycles. The van der Waals surface area contributed by atoms with E-state index in [1.165, 1.54) is 25.3 Å². The number of alkyl halides is 3. The van der Waals surface area contributed by atoms with Crippen molar-refractivity contribution in [1.29, 1.82) is 0 Å². The molecule has 1 rings (SSSR count). The number of rotatable bonds is 9. The second-order valence-electron chi connectivity index (χ2n) is 6.09. The Hall–Kier alpha value is -1.32. The van der Waals surface area contributed by atoms with E-state index in [1.54, 1.807) is 0 Å². The molecule has 0 bridgehead atoms. The molecule has 5 nitrogen and oxygen atoms in total. The van der Waals surface area contributed by atoms with E-state index < -0.39 is 24.2 Å². The Morgan fingerprint density at radius 1 is 1.27 bits per heavy atom. The van der Waals surface area contributed by atoms with Crippen LogP contribution in [-0.4, -0.2) is 39.2 Å². The minimum Gasteiger partial charge on any atom is -0.468 e. The normalized spacial score (nSPS) is 14.2. The van der Waals surface area contributed by atoms with Crippen molar-refractivity contribution < 1.29 is 32.2 Å². The number of ether oxygens (including phenoxy) is 3. The Morgan fingerprint density at radius 2 is 1.92 bits per heavy atom. The Kier molecular flexibility index (Phi) is 8.85. The molecule has 0 fully saturated rings. The van der Waals surface area contributed by atoms with Gasteiger partial charge in [0.2, 0.25) is 0 Å². The minimum absolute atomic E-state index is 0.00555. The van der Waals surface area contributed by atoms with Crippen LogP contribution < -0.4 is 10.1 Å². The maximum absolute atomic E-state index is 13.7. The summed E-state index contributed by atoms with van der Waals surface area (Å²) in [6, 6.07) is 0.898. The van der Waals surface area contributed by atoms with Gasteiger partial charge in [-0.25, -0.2) is 0 Å². The second-order valence-corrected chi connectivity index (χ2v) is 6.94. The molecule has 0 aliphatic carbocycles. The topological polar surface area (TPSA) is 56.8 Å². The smallest absolute Gasteiger partial charge is 0.407 e. The number of hydrogen-bond acceptors (Lipinski definition) is 5. The van der Waals surface area contributed by atoms with Crippen molar-refractivity contribution in [2.24, 2.45) is 5.92 Å². The van der Waals surface area contributed by atoms with Gasteiger partial charge in [-0.2, -0.15) is 13.2 Å². The van der Waals surface area contributed by atoms with Gasteiger partial charge in [-0.1, -0.05) is 19.9 Å². The summed E-state index contributed by atoms with van der Waals surface area (Å²) in [5, 5.41) is 2.39. The summed E-state index contributed by atoms with van der Waals surface area (Å²) >= 11 is 3.22. The van der Waals surface area contributed by atoms with Crippen molar-refractivity contribution in [2.75, 3.05) is 21.0 Å². The number of esters is 1. The molecule has 0 saturated carbocycles. The highest BCUT2D eigenvalue weighted by molar-refractivity contribution is 9.10. The van der Waals surface area contributed by atoms with Gasteiger partial charge < -0.3 is 14.2 Å². The number of carbonyl (C=O) groups excluding carboxylic acids is 1. The highest BCUT2D eigenvalue weighted by atomic mass is 79.9. The lowest BCUT2D eigenvalue weighted by Crippen LogP contribution is -2.45. The van der Waals surface area contributed by atoms with Gasteiger partial charge >= 0.3 is 12.1 Å². The largest absolute Gasteiger partial charge is 0.468 e. The SMILES string of the molecule is COCOc1cc(C(N[C@@H](CC(C)C)C(=O)OC)C(F)(F)F)ccc1Br. The van der Waals surface area contributed by atoms with Gasteiger partial charge in [-0.05, 0) is 46.0 Å². The zero-order chi connectivity index (χ0) is 19.9. The molecule has 9 heteroatoms. The zero-order valence-electron chi connectivity index (χ0n) is 15.0. The molecule has 1 N–H and O–H groups in total.